The van der Waals surface area contributed by atoms with Crippen molar-refractivity contribution in [3.05, 3.63) is 10.1 Å². The van der Waals surface area contributed by atoms with E-state index in [2.05, 4.69) is 4.84 Å². The van der Waals surface area contributed by atoms with E-state index in [-0.39, 0.29) is 0 Å². The highest BCUT2D eigenvalue weighted by Crippen LogP contribution is 2.29. The summed E-state index contributed by atoms with van der Waals surface area (Å²) in [6.45, 7) is 2.66. The summed E-state index contributed by atoms with van der Waals surface area (Å²) in [5, 5.41) is 9.36. The molecule has 142 valence electrons. The Labute approximate surface area is 142 Å². The van der Waals surface area contributed by atoms with E-state index in [1.807, 2.05) is 0 Å². The SMILES string of the molecule is CO[C@H]1O[C@H](CO[N+](=O)[O-])[C@H](OC(C)=O)[C@H](OC(C)=O)[C@H]1OC(C)=O. The first-order valence-electron chi connectivity index (χ1n) is 7.13. The first-order valence-corrected chi connectivity index (χ1v) is 7.13. The van der Waals surface area contributed by atoms with Crippen molar-refractivity contribution >= 4 is 17.9 Å². The summed E-state index contributed by atoms with van der Waals surface area (Å²) in [4.78, 5) is 48.8. The van der Waals surface area contributed by atoms with Crippen LogP contribution in [0.2, 0.25) is 0 Å². The predicted octanol–water partition coefficient (Wildman–Crippen LogP) is -0.639. The lowest BCUT2D eigenvalue weighted by atomic mass is 9.98. The summed E-state index contributed by atoms with van der Waals surface area (Å²) < 4.78 is 25.7. The number of rotatable bonds is 7. The van der Waals surface area contributed by atoms with Gasteiger partial charge in [0.05, 0.1) is 0 Å². The van der Waals surface area contributed by atoms with Crippen molar-refractivity contribution in [3.8, 4) is 0 Å². The van der Waals surface area contributed by atoms with Gasteiger partial charge in [-0.3, -0.25) is 14.4 Å². The molecule has 0 aromatic carbocycles. The zero-order valence-electron chi connectivity index (χ0n) is 14.0. The zero-order valence-corrected chi connectivity index (χ0v) is 14.0. The third-order valence-electron chi connectivity index (χ3n) is 3.07. The summed E-state index contributed by atoms with van der Waals surface area (Å²) in [6.07, 6.45) is -6.35. The molecule has 12 heteroatoms. The van der Waals surface area contributed by atoms with Gasteiger partial charge in [0.2, 0.25) is 0 Å². The van der Waals surface area contributed by atoms with E-state index >= 15 is 0 Å². The fourth-order valence-electron chi connectivity index (χ4n) is 2.31. The Bertz CT molecular complexity index is 522. The topological polar surface area (TPSA) is 150 Å². The Morgan fingerprint density at radius 3 is 1.88 bits per heavy atom. The smallest absolute Gasteiger partial charge is 0.303 e. The van der Waals surface area contributed by atoms with Crippen molar-refractivity contribution in [1.82, 2.24) is 0 Å². The monoisotopic (exact) mass is 365 g/mol. The molecule has 0 amide bonds. The molecule has 0 bridgehead atoms. The molecule has 1 fully saturated rings. The summed E-state index contributed by atoms with van der Waals surface area (Å²) >= 11 is 0. The number of methoxy groups -OCH3 is 1. The highest BCUT2D eigenvalue weighted by Gasteiger charge is 2.52. The van der Waals surface area contributed by atoms with Crippen molar-refractivity contribution in [2.45, 2.75) is 51.5 Å². The summed E-state index contributed by atoms with van der Waals surface area (Å²) in [5.41, 5.74) is 0. The predicted molar refractivity (Wildman–Crippen MR) is 75.3 cm³/mol. The number of nitrogens with zero attached hydrogens (tertiary/aromatic N) is 1. The second-order valence-electron chi connectivity index (χ2n) is 5.02. The lowest BCUT2D eigenvalue weighted by Crippen LogP contribution is -2.62. The van der Waals surface area contributed by atoms with E-state index in [1.54, 1.807) is 0 Å². The minimum absolute atomic E-state index is 0.630. The van der Waals surface area contributed by atoms with Crippen LogP contribution in [-0.2, 0) is 42.9 Å². The third kappa shape index (κ3) is 6.15. The van der Waals surface area contributed by atoms with Gasteiger partial charge in [-0.25, -0.2) is 0 Å². The summed E-state index contributed by atoms with van der Waals surface area (Å²) in [7, 11) is 1.23. The quantitative estimate of drug-likeness (QED) is 0.245. The van der Waals surface area contributed by atoms with Gasteiger partial charge in [-0.2, -0.15) is 0 Å². The van der Waals surface area contributed by atoms with E-state index in [1.165, 1.54) is 7.11 Å². The van der Waals surface area contributed by atoms with Crippen molar-refractivity contribution in [2.24, 2.45) is 0 Å². The van der Waals surface area contributed by atoms with E-state index in [0.29, 0.717) is 0 Å². The highest BCUT2D eigenvalue weighted by molar-refractivity contribution is 5.68. The van der Waals surface area contributed by atoms with Crippen LogP contribution in [0.3, 0.4) is 0 Å². The number of esters is 3. The Morgan fingerprint density at radius 1 is 0.960 bits per heavy atom. The molecule has 0 N–H and O–H groups in total. The molecule has 25 heavy (non-hydrogen) atoms. The van der Waals surface area contributed by atoms with E-state index in [0.717, 1.165) is 20.8 Å². The molecule has 12 nitrogen and oxygen atoms in total. The number of carbonyl (C=O) groups is 3. The molecule has 0 unspecified atom stereocenters. The largest absolute Gasteiger partial charge is 0.456 e. The van der Waals surface area contributed by atoms with Crippen LogP contribution in [0.15, 0.2) is 0 Å². The van der Waals surface area contributed by atoms with Gasteiger partial charge < -0.3 is 28.5 Å². The Hall–Kier alpha value is -2.47. The molecule has 1 rings (SSSR count). The Kier molecular flexibility index (Phi) is 7.51. The second kappa shape index (κ2) is 9.13. The molecule has 0 aromatic rings. The van der Waals surface area contributed by atoms with Gasteiger partial charge in [0, 0.05) is 27.9 Å². The van der Waals surface area contributed by atoms with Crippen LogP contribution in [0.5, 0.6) is 0 Å². The molecule has 1 heterocycles. The van der Waals surface area contributed by atoms with Crippen LogP contribution in [0.1, 0.15) is 20.8 Å². The maximum absolute atomic E-state index is 11.4. The van der Waals surface area contributed by atoms with E-state index in [9.17, 15) is 24.5 Å². The maximum Gasteiger partial charge on any atom is 0.303 e. The first-order chi connectivity index (χ1) is 11.6. The molecule has 1 aliphatic heterocycles. The van der Waals surface area contributed by atoms with Gasteiger partial charge in [0.15, 0.2) is 24.6 Å². The number of carbonyl (C=O) groups excluding carboxylic acids is 3. The second-order valence-corrected chi connectivity index (χ2v) is 5.02. The van der Waals surface area contributed by atoms with Gasteiger partial charge in [-0.05, 0) is 0 Å². The van der Waals surface area contributed by atoms with Crippen molar-refractivity contribution in [1.29, 1.82) is 0 Å². The molecule has 1 saturated heterocycles. The van der Waals surface area contributed by atoms with Gasteiger partial charge in [-0.1, -0.05) is 0 Å². The van der Waals surface area contributed by atoms with Gasteiger partial charge >= 0.3 is 17.9 Å². The lowest BCUT2D eigenvalue weighted by Gasteiger charge is -2.43. The van der Waals surface area contributed by atoms with Crippen molar-refractivity contribution < 1.29 is 48.0 Å². The fourth-order valence-corrected chi connectivity index (χ4v) is 2.31. The van der Waals surface area contributed by atoms with Crippen LogP contribution in [0.4, 0.5) is 0 Å². The lowest BCUT2D eigenvalue weighted by molar-refractivity contribution is -0.760. The highest BCUT2D eigenvalue weighted by atomic mass is 17.0. The Morgan fingerprint density at radius 2 is 1.44 bits per heavy atom. The molecule has 0 aliphatic carbocycles. The molecular weight excluding hydrogens is 346 g/mol. The summed E-state index contributed by atoms with van der Waals surface area (Å²) in [6, 6.07) is 0. The molecule has 0 radical (unpaired) electrons. The average molecular weight is 365 g/mol. The van der Waals surface area contributed by atoms with E-state index in [4.69, 9.17) is 23.7 Å². The fraction of sp³-hybridized carbons (Fsp3) is 0.769. The Balaban J connectivity index is 3.18. The minimum atomic E-state index is -1.32. The normalized spacial score (nSPS) is 28.6. The first kappa shape index (κ1) is 20.6. The number of hydrogen-bond donors (Lipinski definition) is 0. The molecule has 0 aromatic heterocycles. The molecule has 1 aliphatic rings. The number of ether oxygens (including phenoxy) is 5. The van der Waals surface area contributed by atoms with Gasteiger partial charge in [-0.15, -0.1) is 10.1 Å². The molecule has 0 saturated carbocycles. The van der Waals surface area contributed by atoms with Gasteiger partial charge in [0.1, 0.15) is 12.7 Å². The van der Waals surface area contributed by atoms with Crippen LogP contribution < -0.4 is 0 Å². The van der Waals surface area contributed by atoms with Crippen LogP contribution in [-0.4, -0.2) is 67.4 Å². The van der Waals surface area contributed by atoms with Crippen LogP contribution in [0, 0.1) is 10.1 Å². The summed E-state index contributed by atoms with van der Waals surface area (Å²) in [5.74, 6) is -2.26. The van der Waals surface area contributed by atoms with Crippen molar-refractivity contribution in [3.63, 3.8) is 0 Å². The molecule has 5 atom stereocenters. The van der Waals surface area contributed by atoms with E-state index < -0.39 is 60.3 Å². The van der Waals surface area contributed by atoms with Crippen LogP contribution in [0.25, 0.3) is 0 Å². The number of hydrogen-bond acceptors (Lipinski definition) is 11. The van der Waals surface area contributed by atoms with Crippen LogP contribution >= 0.6 is 0 Å². The molecular formula is C13H19NO11. The standard InChI is InChI=1S/C13H19NO11/c1-6(15)22-10-9(5-21-14(18)19)25-13(20-4)12(24-8(3)17)11(10)23-7(2)16/h9-13H,5H2,1-4H3/t9-,10+,11+,12-,13+/m1/s1. The molecule has 0 spiro atoms. The average Bonchev–Trinajstić information content (AvgIpc) is 2.48. The third-order valence-corrected chi connectivity index (χ3v) is 3.07. The minimum Gasteiger partial charge on any atom is -0.456 e. The zero-order chi connectivity index (χ0) is 19.1. The van der Waals surface area contributed by atoms with Gasteiger partial charge in [0.25, 0.3) is 5.09 Å². The van der Waals surface area contributed by atoms with Crippen molar-refractivity contribution in [2.75, 3.05) is 13.7 Å². The maximum atomic E-state index is 11.4.